The lowest BCUT2D eigenvalue weighted by Crippen LogP contribution is -2.10. The molecule has 6 nitrogen and oxygen atoms in total. The Hall–Kier alpha value is -2.45. The molecule has 0 aliphatic rings. The van der Waals surface area contributed by atoms with Gasteiger partial charge < -0.3 is 0 Å². The summed E-state index contributed by atoms with van der Waals surface area (Å²) < 4.78 is 38.4. The fourth-order valence-corrected chi connectivity index (χ4v) is 1.96. The van der Waals surface area contributed by atoms with Crippen molar-refractivity contribution in [1.82, 2.24) is 14.8 Å². The van der Waals surface area contributed by atoms with Gasteiger partial charge in [0.25, 0.3) is 5.69 Å². The molecule has 0 amide bonds. The number of hydrogen-bond acceptors (Lipinski definition) is 4. The van der Waals surface area contributed by atoms with Crippen molar-refractivity contribution in [2.24, 2.45) is 0 Å². The number of halogens is 3. The molecule has 21 heavy (non-hydrogen) atoms. The molecule has 0 bridgehead atoms. The van der Waals surface area contributed by atoms with E-state index in [9.17, 15) is 23.3 Å². The number of aromatic nitrogens is 3. The molecule has 0 saturated heterocycles. The summed E-state index contributed by atoms with van der Waals surface area (Å²) >= 11 is 0. The number of alkyl halides is 3. The van der Waals surface area contributed by atoms with Crippen LogP contribution in [0.2, 0.25) is 0 Å². The standard InChI is InChI=1S/C12H11F3N4O2/c1-7-5-16-9(8(2)11(7)19(20)21)6-18-4-3-10(17-18)12(13,14)15/h3-5H,6H2,1-2H3. The SMILES string of the molecule is Cc1cnc(Cn2ccc(C(F)(F)F)n2)c(C)c1[N+](=O)[O-]. The lowest BCUT2D eigenvalue weighted by Gasteiger charge is -2.08. The highest BCUT2D eigenvalue weighted by molar-refractivity contribution is 5.47. The van der Waals surface area contributed by atoms with E-state index in [0.29, 0.717) is 16.8 Å². The third-order valence-corrected chi connectivity index (χ3v) is 3.00. The van der Waals surface area contributed by atoms with Crippen LogP contribution in [0.4, 0.5) is 18.9 Å². The number of rotatable bonds is 3. The van der Waals surface area contributed by atoms with Crippen molar-refractivity contribution in [3.63, 3.8) is 0 Å². The fourth-order valence-electron chi connectivity index (χ4n) is 1.96. The van der Waals surface area contributed by atoms with Crippen molar-refractivity contribution in [2.45, 2.75) is 26.6 Å². The topological polar surface area (TPSA) is 73.8 Å². The van der Waals surface area contributed by atoms with Crippen LogP contribution in [0.25, 0.3) is 0 Å². The molecule has 9 heteroatoms. The zero-order valence-electron chi connectivity index (χ0n) is 11.2. The highest BCUT2D eigenvalue weighted by atomic mass is 19.4. The van der Waals surface area contributed by atoms with E-state index in [1.165, 1.54) is 13.1 Å². The predicted octanol–water partition coefficient (Wildman–Crippen LogP) is 2.87. The van der Waals surface area contributed by atoms with Gasteiger partial charge in [0.1, 0.15) is 0 Å². The van der Waals surface area contributed by atoms with Crippen LogP contribution in [0.3, 0.4) is 0 Å². The van der Waals surface area contributed by atoms with Crippen LogP contribution in [0.15, 0.2) is 18.5 Å². The second-order valence-electron chi connectivity index (χ2n) is 4.51. The van der Waals surface area contributed by atoms with Crippen LogP contribution in [0, 0.1) is 24.0 Å². The predicted molar refractivity (Wildman–Crippen MR) is 66.7 cm³/mol. The van der Waals surface area contributed by atoms with Crippen molar-refractivity contribution in [1.29, 1.82) is 0 Å². The molecule has 0 unspecified atom stereocenters. The van der Waals surface area contributed by atoms with Gasteiger partial charge >= 0.3 is 6.18 Å². The molecule has 112 valence electrons. The Labute approximate surface area is 117 Å². The van der Waals surface area contributed by atoms with Gasteiger partial charge in [-0.2, -0.15) is 18.3 Å². The van der Waals surface area contributed by atoms with Crippen molar-refractivity contribution in [2.75, 3.05) is 0 Å². The van der Waals surface area contributed by atoms with Crippen molar-refractivity contribution in [3.05, 3.63) is 51.1 Å². The zero-order valence-corrected chi connectivity index (χ0v) is 11.2. The molecule has 2 rings (SSSR count). The van der Waals surface area contributed by atoms with Gasteiger partial charge in [-0.05, 0) is 19.9 Å². The summed E-state index contributed by atoms with van der Waals surface area (Å²) in [6.45, 7) is 3.00. The molecular weight excluding hydrogens is 289 g/mol. The molecular formula is C12H11F3N4O2. The average molecular weight is 300 g/mol. The molecule has 0 radical (unpaired) electrons. The second-order valence-corrected chi connectivity index (χ2v) is 4.51. The van der Waals surface area contributed by atoms with Crippen LogP contribution < -0.4 is 0 Å². The van der Waals surface area contributed by atoms with Gasteiger partial charge in [-0.1, -0.05) is 0 Å². The Kier molecular flexibility index (Phi) is 3.67. The highest BCUT2D eigenvalue weighted by Crippen LogP contribution is 2.28. The van der Waals surface area contributed by atoms with Crippen LogP contribution >= 0.6 is 0 Å². The van der Waals surface area contributed by atoms with E-state index in [-0.39, 0.29) is 12.2 Å². The number of pyridine rings is 1. The summed E-state index contributed by atoms with van der Waals surface area (Å²) in [7, 11) is 0. The quantitative estimate of drug-likeness (QED) is 0.645. The summed E-state index contributed by atoms with van der Waals surface area (Å²) in [5.41, 5.74) is -0.0594. The summed E-state index contributed by atoms with van der Waals surface area (Å²) in [6.07, 6.45) is -2.03. The monoisotopic (exact) mass is 300 g/mol. The first-order valence-corrected chi connectivity index (χ1v) is 5.90. The molecule has 0 spiro atoms. The van der Waals surface area contributed by atoms with Crippen LogP contribution in [-0.4, -0.2) is 19.7 Å². The molecule has 0 aliphatic heterocycles. The van der Waals surface area contributed by atoms with E-state index >= 15 is 0 Å². The minimum absolute atomic E-state index is 0.0664. The number of hydrogen-bond donors (Lipinski definition) is 0. The van der Waals surface area contributed by atoms with Gasteiger partial charge in [0.2, 0.25) is 0 Å². The maximum Gasteiger partial charge on any atom is 0.435 e. The van der Waals surface area contributed by atoms with Crippen molar-refractivity contribution >= 4 is 5.69 Å². The number of aryl methyl sites for hydroxylation is 1. The summed E-state index contributed by atoms with van der Waals surface area (Å²) in [4.78, 5) is 14.5. The smallest absolute Gasteiger partial charge is 0.266 e. The first-order valence-electron chi connectivity index (χ1n) is 5.90. The van der Waals surface area contributed by atoms with E-state index in [0.717, 1.165) is 16.9 Å². The van der Waals surface area contributed by atoms with Crippen LogP contribution in [0.5, 0.6) is 0 Å². The van der Waals surface area contributed by atoms with Crippen LogP contribution in [0.1, 0.15) is 22.5 Å². The first kappa shape index (κ1) is 14.9. The van der Waals surface area contributed by atoms with E-state index in [1.807, 2.05) is 0 Å². The summed E-state index contributed by atoms with van der Waals surface area (Å²) in [6, 6.07) is 0.845. The lowest BCUT2D eigenvalue weighted by atomic mass is 10.1. The van der Waals surface area contributed by atoms with Gasteiger partial charge in [-0.25, -0.2) is 0 Å². The van der Waals surface area contributed by atoms with E-state index in [1.54, 1.807) is 6.92 Å². The minimum atomic E-state index is -4.52. The maximum absolute atomic E-state index is 12.5. The second kappa shape index (κ2) is 5.15. The normalized spacial score (nSPS) is 11.7. The third-order valence-electron chi connectivity index (χ3n) is 3.00. The summed E-state index contributed by atoms with van der Waals surface area (Å²) in [5, 5.41) is 14.4. The van der Waals surface area contributed by atoms with Gasteiger partial charge in [0, 0.05) is 18.0 Å². The van der Waals surface area contributed by atoms with Crippen LogP contribution in [-0.2, 0) is 12.7 Å². The zero-order chi connectivity index (χ0) is 15.8. The Balaban J connectivity index is 2.34. The molecule has 2 aromatic heterocycles. The van der Waals surface area contributed by atoms with Gasteiger partial charge in [0.05, 0.1) is 22.7 Å². The minimum Gasteiger partial charge on any atom is -0.266 e. The molecule has 2 aromatic rings. The number of nitro groups is 1. The fraction of sp³-hybridized carbons (Fsp3) is 0.333. The number of nitrogens with zero attached hydrogens (tertiary/aromatic N) is 4. The summed E-state index contributed by atoms with van der Waals surface area (Å²) in [5.74, 6) is 0. The van der Waals surface area contributed by atoms with Gasteiger partial charge in [0.15, 0.2) is 5.69 Å². The lowest BCUT2D eigenvalue weighted by molar-refractivity contribution is -0.386. The van der Waals surface area contributed by atoms with Crippen molar-refractivity contribution < 1.29 is 18.1 Å². The molecule has 0 saturated carbocycles. The Morgan fingerprint density at radius 2 is 2.05 bits per heavy atom. The molecule has 0 fully saturated rings. The molecule has 0 aliphatic carbocycles. The Morgan fingerprint density at radius 3 is 2.57 bits per heavy atom. The van der Waals surface area contributed by atoms with E-state index in [4.69, 9.17) is 0 Å². The van der Waals surface area contributed by atoms with Gasteiger partial charge in [-0.3, -0.25) is 19.8 Å². The Morgan fingerprint density at radius 1 is 1.38 bits per heavy atom. The highest BCUT2D eigenvalue weighted by Gasteiger charge is 2.33. The molecule has 0 atom stereocenters. The van der Waals surface area contributed by atoms with Gasteiger partial charge in [-0.15, -0.1) is 0 Å². The van der Waals surface area contributed by atoms with E-state index in [2.05, 4.69) is 10.1 Å². The molecule has 0 N–H and O–H groups in total. The molecule has 2 heterocycles. The first-order chi connectivity index (χ1) is 9.70. The van der Waals surface area contributed by atoms with Crippen molar-refractivity contribution in [3.8, 4) is 0 Å². The van der Waals surface area contributed by atoms with E-state index < -0.39 is 16.8 Å². The largest absolute Gasteiger partial charge is 0.435 e. The maximum atomic E-state index is 12.5. The third kappa shape index (κ3) is 3.01. The average Bonchev–Trinajstić information content (AvgIpc) is 2.81. The Bertz CT molecular complexity index is 694. The molecule has 0 aromatic carbocycles.